The zero-order chi connectivity index (χ0) is 22.2. The molecule has 3 aromatic rings. The minimum absolute atomic E-state index is 0.167. The first-order valence-corrected chi connectivity index (χ1v) is 10.9. The van der Waals surface area contributed by atoms with Crippen LogP contribution in [0.25, 0.3) is 6.08 Å². The minimum Gasteiger partial charge on any atom is -0.489 e. The molecule has 0 bridgehead atoms. The van der Waals surface area contributed by atoms with Gasteiger partial charge in [0, 0.05) is 27.2 Å². The van der Waals surface area contributed by atoms with Gasteiger partial charge in [-0.3, -0.25) is 4.79 Å². The number of ketones is 1. The smallest absolute Gasteiger partial charge is 0.231 e. The molecule has 0 spiro atoms. The van der Waals surface area contributed by atoms with Crippen LogP contribution in [-0.4, -0.2) is 11.9 Å². The van der Waals surface area contributed by atoms with Crippen LogP contribution in [0.2, 0.25) is 10.0 Å². The van der Waals surface area contributed by atoms with E-state index in [-0.39, 0.29) is 24.3 Å². The van der Waals surface area contributed by atoms with Gasteiger partial charge in [-0.15, -0.1) is 0 Å². The van der Waals surface area contributed by atoms with Crippen molar-refractivity contribution in [1.82, 2.24) is 0 Å². The number of fused-ring (bicyclic) bond motifs is 2. The van der Waals surface area contributed by atoms with E-state index in [1.165, 1.54) is 0 Å². The van der Waals surface area contributed by atoms with E-state index in [0.717, 1.165) is 22.4 Å². The number of hydrogen-bond donors (Lipinski definition) is 0. The number of allylic oxidation sites excluding steroid dienone is 1. The Morgan fingerprint density at radius 2 is 1.88 bits per heavy atom. The Bertz CT molecular complexity index is 1290. The Morgan fingerprint density at radius 1 is 1.03 bits per heavy atom. The van der Waals surface area contributed by atoms with Crippen LogP contribution >= 0.6 is 23.2 Å². The van der Waals surface area contributed by atoms with Gasteiger partial charge in [-0.25, -0.2) is 0 Å². The van der Waals surface area contributed by atoms with Crippen molar-refractivity contribution in [2.45, 2.75) is 19.6 Å². The molecule has 0 amide bonds. The van der Waals surface area contributed by atoms with Crippen LogP contribution in [0.15, 0.2) is 78.1 Å². The van der Waals surface area contributed by atoms with E-state index < -0.39 is 0 Å². The van der Waals surface area contributed by atoms with Crippen molar-refractivity contribution in [3.8, 4) is 17.2 Å². The molecule has 0 aliphatic carbocycles. The minimum atomic E-state index is -0.194. The van der Waals surface area contributed by atoms with Crippen molar-refractivity contribution in [2.24, 2.45) is 0 Å². The summed E-state index contributed by atoms with van der Waals surface area (Å²) in [6.07, 6.45) is 3.57. The predicted octanol–water partition coefficient (Wildman–Crippen LogP) is 6.90. The first kappa shape index (κ1) is 20.7. The Balaban J connectivity index is 1.35. The van der Waals surface area contributed by atoms with Gasteiger partial charge in [0.2, 0.25) is 5.78 Å². The number of Topliss-reactive ketones (excluding diaryl/α,β-unsaturated/α-hetero) is 1. The molecule has 0 saturated heterocycles. The van der Waals surface area contributed by atoms with Crippen LogP contribution in [0, 0.1) is 0 Å². The lowest BCUT2D eigenvalue weighted by molar-refractivity contribution is 0.101. The molecule has 0 aromatic heterocycles. The lowest BCUT2D eigenvalue weighted by atomic mass is 10.0. The second-order valence-corrected chi connectivity index (χ2v) is 8.41. The van der Waals surface area contributed by atoms with Crippen molar-refractivity contribution in [3.63, 3.8) is 0 Å². The van der Waals surface area contributed by atoms with Gasteiger partial charge in [-0.05, 0) is 55.0 Å². The molecule has 0 unspecified atom stereocenters. The maximum Gasteiger partial charge on any atom is 0.231 e. The summed E-state index contributed by atoms with van der Waals surface area (Å²) < 4.78 is 17.7. The Hall–Kier alpha value is -3.21. The largest absolute Gasteiger partial charge is 0.489 e. The standard InChI is InChI=1S/C26H18Cl2O4/c1-15-18(10-16-4-2-3-5-23(16)31-15)11-25-26(29)21-9-8-20(13-24(21)32-25)30-14-17-6-7-19(27)12-22(17)28/h2-13,15H,14H2,1H3/b25-11-/t15-/m0/s1. The molecule has 32 heavy (non-hydrogen) atoms. The van der Waals surface area contributed by atoms with E-state index in [4.69, 9.17) is 37.4 Å². The summed E-state index contributed by atoms with van der Waals surface area (Å²) in [4.78, 5) is 12.9. The second-order valence-electron chi connectivity index (χ2n) is 7.56. The molecule has 5 rings (SSSR count). The maximum atomic E-state index is 12.9. The van der Waals surface area contributed by atoms with Gasteiger partial charge < -0.3 is 14.2 Å². The number of para-hydroxylation sites is 1. The number of benzene rings is 3. The molecule has 4 nitrogen and oxygen atoms in total. The molecule has 2 aliphatic heterocycles. The highest BCUT2D eigenvalue weighted by Crippen LogP contribution is 2.37. The first-order chi connectivity index (χ1) is 15.5. The van der Waals surface area contributed by atoms with Crippen LogP contribution in [0.3, 0.4) is 0 Å². The number of carbonyl (C=O) groups excluding carboxylic acids is 1. The highest BCUT2D eigenvalue weighted by molar-refractivity contribution is 6.35. The number of rotatable bonds is 4. The summed E-state index contributed by atoms with van der Waals surface area (Å²) in [5, 5.41) is 1.10. The Labute approximate surface area is 195 Å². The van der Waals surface area contributed by atoms with Gasteiger partial charge in [-0.1, -0.05) is 47.5 Å². The topological polar surface area (TPSA) is 44.8 Å². The molecule has 0 fully saturated rings. The predicted molar refractivity (Wildman–Crippen MR) is 125 cm³/mol. The van der Waals surface area contributed by atoms with Crippen molar-refractivity contribution >= 4 is 35.1 Å². The lowest BCUT2D eigenvalue weighted by Crippen LogP contribution is -2.18. The average Bonchev–Trinajstić information content (AvgIpc) is 3.08. The molecule has 6 heteroatoms. The number of hydrogen-bond acceptors (Lipinski definition) is 4. The summed E-state index contributed by atoms with van der Waals surface area (Å²) in [6.45, 7) is 2.21. The van der Waals surface area contributed by atoms with Crippen LogP contribution in [0.1, 0.15) is 28.4 Å². The number of ether oxygens (including phenoxy) is 3. The van der Waals surface area contributed by atoms with Crippen molar-refractivity contribution in [3.05, 3.63) is 105 Å². The highest BCUT2D eigenvalue weighted by atomic mass is 35.5. The third-order valence-corrected chi connectivity index (χ3v) is 5.95. The molecule has 0 N–H and O–H groups in total. The van der Waals surface area contributed by atoms with Crippen molar-refractivity contribution in [1.29, 1.82) is 0 Å². The van der Waals surface area contributed by atoms with Gasteiger partial charge >= 0.3 is 0 Å². The second kappa shape index (κ2) is 8.38. The first-order valence-electron chi connectivity index (χ1n) is 10.1. The molecule has 0 radical (unpaired) electrons. The molecule has 2 heterocycles. The Morgan fingerprint density at radius 3 is 2.72 bits per heavy atom. The normalized spacial score (nSPS) is 17.8. The third-order valence-electron chi connectivity index (χ3n) is 5.36. The number of halogens is 2. The van der Waals surface area contributed by atoms with E-state index >= 15 is 0 Å². The molecule has 0 saturated carbocycles. The van der Waals surface area contributed by atoms with Crippen molar-refractivity contribution < 1.29 is 19.0 Å². The summed E-state index contributed by atoms with van der Waals surface area (Å²) in [7, 11) is 0. The average molecular weight is 465 g/mol. The summed E-state index contributed by atoms with van der Waals surface area (Å²) >= 11 is 12.1. The lowest BCUT2D eigenvalue weighted by Gasteiger charge is -2.22. The van der Waals surface area contributed by atoms with E-state index in [1.54, 1.807) is 36.4 Å². The molecule has 1 atom stereocenters. The highest BCUT2D eigenvalue weighted by Gasteiger charge is 2.29. The van der Waals surface area contributed by atoms with E-state index in [1.807, 2.05) is 43.3 Å². The van der Waals surface area contributed by atoms with E-state index in [2.05, 4.69) is 0 Å². The van der Waals surface area contributed by atoms with Gasteiger partial charge in [0.25, 0.3) is 0 Å². The third kappa shape index (κ3) is 3.99. The Kier molecular flexibility index (Phi) is 5.41. The van der Waals surface area contributed by atoms with Crippen molar-refractivity contribution in [2.75, 3.05) is 0 Å². The fraction of sp³-hybridized carbons (Fsp3) is 0.115. The van der Waals surface area contributed by atoms with E-state index in [9.17, 15) is 4.79 Å². The van der Waals surface area contributed by atoms with Gasteiger partial charge in [0.05, 0.1) is 5.56 Å². The van der Waals surface area contributed by atoms with Crippen LogP contribution in [0.5, 0.6) is 17.2 Å². The van der Waals surface area contributed by atoms with Gasteiger partial charge in [-0.2, -0.15) is 0 Å². The van der Waals surface area contributed by atoms with E-state index in [0.29, 0.717) is 27.1 Å². The van der Waals surface area contributed by atoms with Gasteiger partial charge in [0.1, 0.15) is 30.0 Å². The maximum absolute atomic E-state index is 12.9. The fourth-order valence-corrected chi connectivity index (χ4v) is 4.09. The zero-order valence-corrected chi connectivity index (χ0v) is 18.6. The van der Waals surface area contributed by atoms with Crippen LogP contribution in [0.4, 0.5) is 0 Å². The molecule has 160 valence electrons. The number of carbonyl (C=O) groups is 1. The SMILES string of the molecule is C[C@@H]1Oc2ccccc2C=C1/C=C1\Oc2cc(OCc3ccc(Cl)cc3Cl)ccc2C1=O. The van der Waals surface area contributed by atoms with Crippen LogP contribution < -0.4 is 14.2 Å². The molecular formula is C26H18Cl2O4. The summed E-state index contributed by atoms with van der Waals surface area (Å²) in [5.41, 5.74) is 3.15. The van der Waals surface area contributed by atoms with Crippen LogP contribution in [-0.2, 0) is 6.61 Å². The zero-order valence-electron chi connectivity index (χ0n) is 17.1. The quantitative estimate of drug-likeness (QED) is 0.394. The fourth-order valence-electron chi connectivity index (χ4n) is 3.63. The summed E-state index contributed by atoms with van der Waals surface area (Å²) in [5.74, 6) is 1.96. The van der Waals surface area contributed by atoms with Gasteiger partial charge in [0.15, 0.2) is 5.76 Å². The summed E-state index contributed by atoms with van der Waals surface area (Å²) in [6, 6.07) is 18.2. The monoisotopic (exact) mass is 464 g/mol. The molecule has 2 aliphatic rings. The molecule has 3 aromatic carbocycles. The molecular weight excluding hydrogens is 447 g/mol.